The predicted octanol–water partition coefficient (Wildman–Crippen LogP) is 2.91. The number of epoxide rings is 1. The number of unbranched alkanes of at least 4 members (excludes halogenated alkanes) is 4. The van der Waals surface area contributed by atoms with E-state index in [0.29, 0.717) is 6.10 Å². The Morgan fingerprint density at radius 1 is 1.20 bits per heavy atom. The Kier molecular flexibility index (Phi) is 3.81. The van der Waals surface area contributed by atoms with E-state index in [1.165, 1.54) is 38.5 Å². The van der Waals surface area contributed by atoms with Gasteiger partial charge >= 0.3 is 0 Å². The quantitative estimate of drug-likeness (QED) is 0.409. The Morgan fingerprint density at radius 3 is 2.50 bits per heavy atom. The molecule has 1 radical (unpaired) electrons. The van der Waals surface area contributed by atoms with Crippen LogP contribution in [0.1, 0.15) is 45.4 Å². The molecule has 1 atom stereocenters. The molecule has 1 heteroatoms. The molecule has 1 nitrogen and oxygen atoms in total. The largest absolute Gasteiger partial charge is 0.367 e. The van der Waals surface area contributed by atoms with Gasteiger partial charge in [-0.1, -0.05) is 39.0 Å². The van der Waals surface area contributed by atoms with E-state index in [1.54, 1.807) is 0 Å². The lowest BCUT2D eigenvalue weighted by molar-refractivity contribution is 0.400. The van der Waals surface area contributed by atoms with Crippen LogP contribution in [0, 0.1) is 6.61 Å². The third kappa shape index (κ3) is 3.89. The second kappa shape index (κ2) is 4.73. The van der Waals surface area contributed by atoms with Crippen molar-refractivity contribution in [2.24, 2.45) is 0 Å². The lowest BCUT2D eigenvalue weighted by Gasteiger charge is -1.95. The van der Waals surface area contributed by atoms with E-state index in [1.807, 2.05) is 6.61 Å². The van der Waals surface area contributed by atoms with E-state index < -0.39 is 0 Å². The molecule has 0 aromatic heterocycles. The molecule has 59 valence electrons. The molecule has 1 aliphatic heterocycles. The van der Waals surface area contributed by atoms with Crippen LogP contribution < -0.4 is 0 Å². The molecule has 0 aliphatic carbocycles. The van der Waals surface area contributed by atoms with Gasteiger partial charge in [0.25, 0.3) is 0 Å². The molecule has 1 unspecified atom stereocenters. The molecular formula is C9H17O. The van der Waals surface area contributed by atoms with Crippen LogP contribution in [0.15, 0.2) is 0 Å². The van der Waals surface area contributed by atoms with Crippen molar-refractivity contribution in [3.8, 4) is 0 Å². The first-order valence-corrected chi connectivity index (χ1v) is 4.42. The fourth-order valence-corrected chi connectivity index (χ4v) is 1.14. The molecular weight excluding hydrogens is 124 g/mol. The second-order valence-corrected chi connectivity index (χ2v) is 3.01. The third-order valence-electron chi connectivity index (χ3n) is 1.92. The van der Waals surface area contributed by atoms with Gasteiger partial charge in [0.05, 0.1) is 6.10 Å². The van der Waals surface area contributed by atoms with E-state index in [0.717, 1.165) is 0 Å². The molecule has 0 aromatic rings. The first-order chi connectivity index (χ1) is 4.93. The van der Waals surface area contributed by atoms with Gasteiger partial charge in [0, 0.05) is 0 Å². The highest BCUT2D eigenvalue weighted by atomic mass is 16.6. The van der Waals surface area contributed by atoms with Gasteiger partial charge in [-0.2, -0.15) is 0 Å². The summed E-state index contributed by atoms with van der Waals surface area (Å²) in [7, 11) is 0. The summed E-state index contributed by atoms with van der Waals surface area (Å²) in [5.74, 6) is 0. The van der Waals surface area contributed by atoms with Gasteiger partial charge in [0.15, 0.2) is 0 Å². The minimum atomic E-state index is 0.529. The van der Waals surface area contributed by atoms with Crippen molar-refractivity contribution in [3.05, 3.63) is 6.61 Å². The smallest absolute Gasteiger partial charge is 0.113 e. The summed E-state index contributed by atoms with van der Waals surface area (Å²) in [6.45, 7) is 4.18. The summed E-state index contributed by atoms with van der Waals surface area (Å²) in [6.07, 6.45) is 8.67. The summed E-state index contributed by atoms with van der Waals surface area (Å²) >= 11 is 0. The van der Waals surface area contributed by atoms with Crippen LogP contribution in [0.5, 0.6) is 0 Å². The van der Waals surface area contributed by atoms with E-state index >= 15 is 0 Å². The van der Waals surface area contributed by atoms with Crippen molar-refractivity contribution in [2.45, 2.75) is 51.6 Å². The molecule has 1 aliphatic rings. The molecule has 0 aromatic carbocycles. The zero-order chi connectivity index (χ0) is 7.23. The zero-order valence-corrected chi connectivity index (χ0v) is 6.81. The van der Waals surface area contributed by atoms with Crippen LogP contribution in [0.3, 0.4) is 0 Å². The number of hydrogen-bond acceptors (Lipinski definition) is 1. The lowest BCUT2D eigenvalue weighted by Crippen LogP contribution is -1.83. The van der Waals surface area contributed by atoms with Gasteiger partial charge in [0.1, 0.15) is 6.61 Å². The Hall–Kier alpha value is -0.0400. The molecule has 1 heterocycles. The van der Waals surface area contributed by atoms with Crippen molar-refractivity contribution < 1.29 is 4.74 Å². The standard InChI is InChI=1S/C9H17O/c1-2-3-4-5-6-7-9-8-10-9/h8-9H,2-7H2,1H3. The molecule has 0 amide bonds. The monoisotopic (exact) mass is 141 g/mol. The highest BCUT2D eigenvalue weighted by Crippen LogP contribution is 2.22. The highest BCUT2D eigenvalue weighted by Gasteiger charge is 2.21. The zero-order valence-electron chi connectivity index (χ0n) is 6.81. The Balaban J connectivity index is 1.68. The van der Waals surface area contributed by atoms with Crippen LogP contribution in [-0.4, -0.2) is 6.10 Å². The molecule has 10 heavy (non-hydrogen) atoms. The van der Waals surface area contributed by atoms with Crippen LogP contribution >= 0.6 is 0 Å². The summed E-state index contributed by atoms with van der Waals surface area (Å²) in [5.41, 5.74) is 0. The maximum absolute atomic E-state index is 4.99. The number of rotatable bonds is 6. The van der Waals surface area contributed by atoms with Crippen molar-refractivity contribution in [2.75, 3.05) is 0 Å². The van der Waals surface area contributed by atoms with Crippen molar-refractivity contribution >= 4 is 0 Å². The fourth-order valence-electron chi connectivity index (χ4n) is 1.14. The van der Waals surface area contributed by atoms with Gasteiger partial charge in [-0.25, -0.2) is 0 Å². The molecule has 0 N–H and O–H groups in total. The average molecular weight is 141 g/mol. The normalized spacial score (nSPS) is 23.1. The van der Waals surface area contributed by atoms with Crippen LogP contribution in [0.4, 0.5) is 0 Å². The van der Waals surface area contributed by atoms with Crippen molar-refractivity contribution in [1.82, 2.24) is 0 Å². The molecule has 0 saturated carbocycles. The predicted molar refractivity (Wildman–Crippen MR) is 42.5 cm³/mol. The van der Waals surface area contributed by atoms with E-state index in [-0.39, 0.29) is 0 Å². The SMILES string of the molecule is CCCCCCCC1[CH]O1. The molecule has 0 spiro atoms. The first-order valence-electron chi connectivity index (χ1n) is 4.42. The molecule has 0 bridgehead atoms. The van der Waals surface area contributed by atoms with Gasteiger partial charge < -0.3 is 4.74 Å². The van der Waals surface area contributed by atoms with Gasteiger partial charge in [0.2, 0.25) is 0 Å². The van der Waals surface area contributed by atoms with Gasteiger partial charge in [-0.05, 0) is 6.42 Å². The topological polar surface area (TPSA) is 12.5 Å². The summed E-state index contributed by atoms with van der Waals surface area (Å²) < 4.78 is 4.99. The Labute approximate surface area is 63.8 Å². The van der Waals surface area contributed by atoms with Gasteiger partial charge in [-0.15, -0.1) is 0 Å². The Bertz CT molecular complexity index is 76.8. The molecule has 1 rings (SSSR count). The van der Waals surface area contributed by atoms with Crippen molar-refractivity contribution in [3.63, 3.8) is 0 Å². The highest BCUT2D eigenvalue weighted by molar-refractivity contribution is 4.81. The first kappa shape index (κ1) is 8.06. The third-order valence-corrected chi connectivity index (χ3v) is 1.92. The molecule has 1 fully saturated rings. The summed E-state index contributed by atoms with van der Waals surface area (Å²) in [4.78, 5) is 0. The van der Waals surface area contributed by atoms with Crippen molar-refractivity contribution in [1.29, 1.82) is 0 Å². The number of hydrogen-bond donors (Lipinski definition) is 0. The van der Waals surface area contributed by atoms with E-state index in [4.69, 9.17) is 4.74 Å². The Morgan fingerprint density at radius 2 is 1.90 bits per heavy atom. The van der Waals surface area contributed by atoms with Crippen LogP contribution in [0.25, 0.3) is 0 Å². The minimum absolute atomic E-state index is 0.529. The van der Waals surface area contributed by atoms with E-state index in [2.05, 4.69) is 6.92 Å². The average Bonchev–Trinajstić information content (AvgIpc) is 2.71. The maximum Gasteiger partial charge on any atom is 0.113 e. The maximum atomic E-state index is 4.99. The van der Waals surface area contributed by atoms with E-state index in [9.17, 15) is 0 Å². The second-order valence-electron chi connectivity index (χ2n) is 3.01. The van der Waals surface area contributed by atoms with Crippen LogP contribution in [-0.2, 0) is 4.74 Å². The minimum Gasteiger partial charge on any atom is -0.367 e. The summed E-state index contributed by atoms with van der Waals surface area (Å²) in [5, 5.41) is 0. The summed E-state index contributed by atoms with van der Waals surface area (Å²) in [6, 6.07) is 0. The fraction of sp³-hybridized carbons (Fsp3) is 0.889. The van der Waals surface area contributed by atoms with Gasteiger partial charge in [-0.3, -0.25) is 0 Å². The number of ether oxygens (including phenoxy) is 1. The lowest BCUT2D eigenvalue weighted by atomic mass is 10.1. The molecule has 1 saturated heterocycles. The van der Waals surface area contributed by atoms with Crippen LogP contribution in [0.2, 0.25) is 0 Å².